The first kappa shape index (κ1) is 15.7. The second-order valence-electron chi connectivity index (χ2n) is 4.90. The monoisotopic (exact) mass is 338 g/mol. The van der Waals surface area contributed by atoms with Gasteiger partial charge in [0.2, 0.25) is 11.6 Å². The molecule has 0 atom stereocenters. The maximum Gasteiger partial charge on any atom is 0.231 e. The highest BCUT2D eigenvalue weighted by atomic mass is 32.1. The molecular formula is C16H14N6OS. The summed E-state index contributed by atoms with van der Waals surface area (Å²) < 4.78 is 0. The minimum absolute atomic E-state index is 0.148. The van der Waals surface area contributed by atoms with Crippen molar-refractivity contribution in [3.05, 3.63) is 47.6 Å². The number of aromatic nitrogens is 3. The largest absolute Gasteiger partial charge is 0.508 e. The predicted octanol–water partition coefficient (Wildman–Crippen LogP) is 3.95. The van der Waals surface area contributed by atoms with Gasteiger partial charge in [0.25, 0.3) is 0 Å². The number of phenols is 1. The zero-order valence-corrected chi connectivity index (χ0v) is 13.8. The van der Waals surface area contributed by atoms with Crippen molar-refractivity contribution in [2.24, 2.45) is 0 Å². The molecule has 24 heavy (non-hydrogen) atoms. The second kappa shape index (κ2) is 6.52. The summed E-state index contributed by atoms with van der Waals surface area (Å²) in [6.45, 7) is 9.22. The molecule has 2 heterocycles. The SMILES string of the molecule is [C-]#[N+]c1cnc(Nc2cccc(O)c2)nc1-c1sc(NC)nc1C. The lowest BCUT2D eigenvalue weighted by Gasteiger charge is -2.08. The Balaban J connectivity index is 2.02. The first-order valence-corrected chi connectivity index (χ1v) is 7.88. The topological polar surface area (TPSA) is 87.3 Å². The first-order valence-electron chi connectivity index (χ1n) is 7.07. The van der Waals surface area contributed by atoms with E-state index in [0.717, 1.165) is 15.7 Å². The van der Waals surface area contributed by atoms with Gasteiger partial charge < -0.3 is 15.7 Å². The fourth-order valence-electron chi connectivity index (χ4n) is 2.12. The van der Waals surface area contributed by atoms with E-state index in [4.69, 9.17) is 6.57 Å². The van der Waals surface area contributed by atoms with Gasteiger partial charge in [-0.25, -0.2) is 19.8 Å². The Kier molecular flexibility index (Phi) is 4.26. The van der Waals surface area contributed by atoms with E-state index in [1.165, 1.54) is 17.5 Å². The average Bonchev–Trinajstić information content (AvgIpc) is 2.96. The molecule has 2 aromatic heterocycles. The average molecular weight is 338 g/mol. The minimum Gasteiger partial charge on any atom is -0.508 e. The third-order valence-corrected chi connectivity index (χ3v) is 4.40. The molecule has 0 saturated heterocycles. The Morgan fingerprint density at radius 1 is 1.29 bits per heavy atom. The summed E-state index contributed by atoms with van der Waals surface area (Å²) in [5.41, 5.74) is 2.37. The van der Waals surface area contributed by atoms with E-state index in [1.807, 2.05) is 6.92 Å². The summed E-state index contributed by atoms with van der Waals surface area (Å²) in [5.74, 6) is 0.497. The molecule has 0 radical (unpaired) electrons. The fourth-order valence-corrected chi connectivity index (χ4v) is 3.04. The lowest BCUT2D eigenvalue weighted by atomic mass is 10.2. The van der Waals surface area contributed by atoms with Gasteiger partial charge in [0.1, 0.15) is 5.75 Å². The van der Waals surface area contributed by atoms with Crippen LogP contribution in [0.1, 0.15) is 5.69 Å². The van der Waals surface area contributed by atoms with Gasteiger partial charge in [-0.15, -0.1) is 0 Å². The summed E-state index contributed by atoms with van der Waals surface area (Å²) in [4.78, 5) is 17.4. The van der Waals surface area contributed by atoms with Gasteiger partial charge in [0.15, 0.2) is 5.13 Å². The molecule has 7 nitrogen and oxygen atoms in total. The Labute approximate surface area is 142 Å². The van der Waals surface area contributed by atoms with Crippen LogP contribution in [0.25, 0.3) is 15.4 Å². The highest BCUT2D eigenvalue weighted by Gasteiger charge is 2.16. The van der Waals surface area contributed by atoms with Crippen LogP contribution in [0.5, 0.6) is 5.75 Å². The predicted molar refractivity (Wildman–Crippen MR) is 95.1 cm³/mol. The summed E-state index contributed by atoms with van der Waals surface area (Å²) >= 11 is 1.44. The van der Waals surface area contributed by atoms with Crippen LogP contribution >= 0.6 is 11.3 Å². The van der Waals surface area contributed by atoms with Crippen molar-refractivity contribution < 1.29 is 5.11 Å². The quantitative estimate of drug-likeness (QED) is 0.624. The third-order valence-electron chi connectivity index (χ3n) is 3.22. The number of hydrogen-bond acceptors (Lipinski definition) is 7. The molecule has 3 rings (SSSR count). The Hall–Kier alpha value is -3.18. The summed E-state index contributed by atoms with van der Waals surface area (Å²) in [6, 6.07) is 6.67. The van der Waals surface area contributed by atoms with E-state index in [-0.39, 0.29) is 5.75 Å². The van der Waals surface area contributed by atoms with E-state index in [2.05, 4.69) is 30.4 Å². The summed E-state index contributed by atoms with van der Waals surface area (Å²) in [6.07, 6.45) is 1.48. The van der Waals surface area contributed by atoms with E-state index in [9.17, 15) is 5.11 Å². The zero-order valence-electron chi connectivity index (χ0n) is 13.0. The summed E-state index contributed by atoms with van der Waals surface area (Å²) in [5, 5.41) is 16.3. The minimum atomic E-state index is 0.148. The van der Waals surface area contributed by atoms with Crippen molar-refractivity contribution in [2.45, 2.75) is 6.92 Å². The van der Waals surface area contributed by atoms with Crippen molar-refractivity contribution in [3.8, 4) is 16.3 Å². The number of benzene rings is 1. The maximum absolute atomic E-state index is 9.54. The molecule has 0 amide bonds. The normalized spacial score (nSPS) is 10.2. The van der Waals surface area contributed by atoms with Crippen LogP contribution in [0.4, 0.5) is 22.5 Å². The molecule has 120 valence electrons. The number of anilines is 3. The van der Waals surface area contributed by atoms with Crippen molar-refractivity contribution in [1.29, 1.82) is 0 Å². The van der Waals surface area contributed by atoms with Crippen molar-refractivity contribution in [2.75, 3.05) is 17.7 Å². The number of hydrogen-bond donors (Lipinski definition) is 3. The van der Waals surface area contributed by atoms with Crippen LogP contribution < -0.4 is 10.6 Å². The highest BCUT2D eigenvalue weighted by Crippen LogP contribution is 2.37. The Morgan fingerprint density at radius 3 is 2.79 bits per heavy atom. The molecule has 0 fully saturated rings. The molecule has 8 heteroatoms. The molecular weight excluding hydrogens is 324 g/mol. The zero-order chi connectivity index (χ0) is 17.1. The molecule has 0 aliphatic rings. The van der Waals surface area contributed by atoms with E-state index in [0.29, 0.717) is 23.0 Å². The van der Waals surface area contributed by atoms with Gasteiger partial charge in [-0.1, -0.05) is 17.4 Å². The molecule has 3 N–H and O–H groups in total. The molecule has 3 aromatic rings. The van der Waals surface area contributed by atoms with Gasteiger partial charge in [-0.3, -0.25) is 0 Å². The second-order valence-corrected chi connectivity index (χ2v) is 5.90. The first-order chi connectivity index (χ1) is 11.6. The molecule has 0 unspecified atom stereocenters. The van der Waals surface area contributed by atoms with E-state index < -0.39 is 0 Å². The Morgan fingerprint density at radius 2 is 2.12 bits per heavy atom. The molecule has 0 aliphatic heterocycles. The van der Waals surface area contributed by atoms with Crippen LogP contribution in [0.15, 0.2) is 30.5 Å². The number of nitrogens with one attached hydrogen (secondary N) is 2. The lowest BCUT2D eigenvalue weighted by Crippen LogP contribution is -1.98. The number of thiazole rings is 1. The van der Waals surface area contributed by atoms with E-state index in [1.54, 1.807) is 31.3 Å². The van der Waals surface area contributed by atoms with Crippen LogP contribution in [0.3, 0.4) is 0 Å². The standard InChI is InChI=1S/C16H14N6OS/c1-9-14(24-16(18-3)20-9)13-12(17-2)8-19-15(22-13)21-10-5-4-6-11(23)7-10/h4-8,23H,1,3H3,(H,18,20)(H,19,21,22). The lowest BCUT2D eigenvalue weighted by molar-refractivity contribution is 0.475. The molecule has 0 bridgehead atoms. The molecule has 0 spiro atoms. The number of phenolic OH excluding ortho intramolecular Hbond substituents is 1. The number of rotatable bonds is 4. The van der Waals surface area contributed by atoms with Gasteiger partial charge in [-0.05, 0) is 19.1 Å². The number of aromatic hydroxyl groups is 1. The maximum atomic E-state index is 9.54. The van der Waals surface area contributed by atoms with Gasteiger partial charge in [0.05, 0.1) is 22.8 Å². The molecule has 1 aromatic carbocycles. The number of aryl methyl sites for hydroxylation is 1. The highest BCUT2D eigenvalue weighted by molar-refractivity contribution is 7.19. The summed E-state index contributed by atoms with van der Waals surface area (Å²) in [7, 11) is 1.80. The van der Waals surface area contributed by atoms with Crippen molar-refractivity contribution >= 4 is 33.8 Å². The number of nitrogens with zero attached hydrogens (tertiary/aromatic N) is 4. The van der Waals surface area contributed by atoms with Gasteiger partial charge in [-0.2, -0.15) is 0 Å². The van der Waals surface area contributed by atoms with Gasteiger partial charge >= 0.3 is 0 Å². The van der Waals surface area contributed by atoms with Crippen molar-refractivity contribution in [3.63, 3.8) is 0 Å². The molecule has 0 aliphatic carbocycles. The molecule has 0 saturated carbocycles. The van der Waals surface area contributed by atoms with E-state index >= 15 is 0 Å². The van der Waals surface area contributed by atoms with Crippen LogP contribution in [-0.2, 0) is 0 Å². The van der Waals surface area contributed by atoms with Crippen molar-refractivity contribution in [1.82, 2.24) is 15.0 Å². The third kappa shape index (κ3) is 3.11. The smallest absolute Gasteiger partial charge is 0.231 e. The van der Waals surface area contributed by atoms with Crippen LogP contribution in [0.2, 0.25) is 0 Å². The Bertz CT molecular complexity index is 931. The fraction of sp³-hybridized carbons (Fsp3) is 0.125. The van der Waals surface area contributed by atoms with Gasteiger partial charge in [0, 0.05) is 25.0 Å². The van der Waals surface area contributed by atoms with Crippen LogP contribution in [-0.4, -0.2) is 27.1 Å². The van der Waals surface area contributed by atoms with Crippen LogP contribution in [0, 0.1) is 13.5 Å².